The van der Waals surface area contributed by atoms with E-state index in [0.717, 1.165) is 32.3 Å². The first kappa shape index (κ1) is 10.4. The first-order valence-electron chi connectivity index (χ1n) is 5.76. The molecular weight excluding hydrogens is 178 g/mol. The topological polar surface area (TPSA) is 44.5 Å². The average molecular weight is 199 g/mol. The van der Waals surface area contributed by atoms with E-state index in [1.165, 1.54) is 6.42 Å². The minimum Gasteiger partial charge on any atom is -0.375 e. The average Bonchev–Trinajstić information content (AvgIpc) is 2.72. The summed E-state index contributed by atoms with van der Waals surface area (Å²) in [5, 5.41) is 0. The van der Waals surface area contributed by atoms with E-state index in [4.69, 9.17) is 15.2 Å². The van der Waals surface area contributed by atoms with Crippen molar-refractivity contribution in [1.29, 1.82) is 0 Å². The highest BCUT2D eigenvalue weighted by Gasteiger charge is 2.26. The van der Waals surface area contributed by atoms with Crippen molar-refractivity contribution >= 4 is 0 Å². The molecule has 0 amide bonds. The van der Waals surface area contributed by atoms with Gasteiger partial charge in [-0.15, -0.1) is 0 Å². The summed E-state index contributed by atoms with van der Waals surface area (Å²) in [6.07, 6.45) is 6.76. The molecule has 82 valence electrons. The highest BCUT2D eigenvalue weighted by molar-refractivity contribution is 4.79. The van der Waals surface area contributed by atoms with Gasteiger partial charge in [0.05, 0.1) is 24.9 Å². The van der Waals surface area contributed by atoms with Crippen LogP contribution in [0.15, 0.2) is 0 Å². The van der Waals surface area contributed by atoms with Crippen LogP contribution in [0.25, 0.3) is 0 Å². The molecule has 1 aliphatic heterocycles. The first-order chi connectivity index (χ1) is 6.74. The molecule has 1 saturated heterocycles. The van der Waals surface area contributed by atoms with Crippen molar-refractivity contribution in [3.8, 4) is 0 Å². The van der Waals surface area contributed by atoms with Crippen molar-refractivity contribution in [1.82, 2.24) is 0 Å². The van der Waals surface area contributed by atoms with Crippen molar-refractivity contribution in [3.05, 3.63) is 0 Å². The number of ether oxygens (including phenoxy) is 2. The molecule has 1 heterocycles. The van der Waals surface area contributed by atoms with Gasteiger partial charge in [0.2, 0.25) is 0 Å². The van der Waals surface area contributed by atoms with E-state index in [-0.39, 0.29) is 0 Å². The molecule has 14 heavy (non-hydrogen) atoms. The maximum Gasteiger partial charge on any atom is 0.0813 e. The van der Waals surface area contributed by atoms with E-state index >= 15 is 0 Å². The molecule has 0 radical (unpaired) electrons. The van der Waals surface area contributed by atoms with Crippen LogP contribution in [0.4, 0.5) is 0 Å². The summed E-state index contributed by atoms with van der Waals surface area (Å²) in [6, 6.07) is 0.364. The summed E-state index contributed by atoms with van der Waals surface area (Å²) in [7, 11) is 0. The second-order valence-electron chi connectivity index (χ2n) is 4.67. The normalized spacial score (nSPS) is 43.3. The van der Waals surface area contributed by atoms with E-state index in [9.17, 15) is 0 Å². The third kappa shape index (κ3) is 2.69. The van der Waals surface area contributed by atoms with Crippen LogP contribution in [0.5, 0.6) is 0 Å². The van der Waals surface area contributed by atoms with Crippen molar-refractivity contribution < 1.29 is 9.47 Å². The van der Waals surface area contributed by atoms with Crippen molar-refractivity contribution in [3.63, 3.8) is 0 Å². The van der Waals surface area contributed by atoms with Crippen molar-refractivity contribution in [2.24, 2.45) is 5.73 Å². The molecule has 1 saturated carbocycles. The van der Waals surface area contributed by atoms with Gasteiger partial charge < -0.3 is 15.2 Å². The number of rotatable bonds is 3. The summed E-state index contributed by atoms with van der Waals surface area (Å²) >= 11 is 0. The van der Waals surface area contributed by atoms with Crippen LogP contribution in [0.1, 0.15) is 39.0 Å². The molecule has 0 bridgehead atoms. The Kier molecular flexibility index (Phi) is 3.42. The zero-order chi connectivity index (χ0) is 9.97. The third-order valence-electron chi connectivity index (χ3n) is 3.26. The zero-order valence-corrected chi connectivity index (χ0v) is 8.95. The highest BCUT2D eigenvalue weighted by atomic mass is 16.5. The van der Waals surface area contributed by atoms with Crippen molar-refractivity contribution in [2.75, 3.05) is 6.61 Å². The molecule has 3 heteroatoms. The van der Waals surface area contributed by atoms with E-state index in [0.29, 0.717) is 24.4 Å². The van der Waals surface area contributed by atoms with Gasteiger partial charge in [-0.05, 0) is 39.0 Å². The van der Waals surface area contributed by atoms with Gasteiger partial charge >= 0.3 is 0 Å². The molecule has 3 nitrogen and oxygen atoms in total. The number of hydrogen-bond donors (Lipinski definition) is 1. The lowest BCUT2D eigenvalue weighted by molar-refractivity contribution is -0.0357. The Balaban J connectivity index is 1.63. The number of nitrogens with two attached hydrogens (primary N) is 1. The lowest BCUT2D eigenvalue weighted by atomic mass is 10.2. The van der Waals surface area contributed by atoms with Gasteiger partial charge in [0, 0.05) is 6.04 Å². The molecule has 0 aromatic rings. The Morgan fingerprint density at radius 3 is 2.71 bits per heavy atom. The molecule has 0 aromatic heterocycles. The first-order valence-corrected chi connectivity index (χ1v) is 5.76. The molecule has 4 atom stereocenters. The fourth-order valence-corrected chi connectivity index (χ4v) is 2.38. The molecular formula is C11H21NO2. The predicted octanol–water partition coefficient (Wildman–Crippen LogP) is 1.45. The van der Waals surface area contributed by atoms with Crippen LogP contribution < -0.4 is 5.73 Å². The summed E-state index contributed by atoms with van der Waals surface area (Å²) in [5.74, 6) is 0. The minimum absolute atomic E-state index is 0.335. The smallest absolute Gasteiger partial charge is 0.0813 e. The Bertz CT molecular complexity index is 166. The summed E-state index contributed by atoms with van der Waals surface area (Å²) in [4.78, 5) is 0. The maximum atomic E-state index is 5.82. The molecule has 4 unspecified atom stereocenters. The van der Waals surface area contributed by atoms with Crippen LogP contribution in [0.3, 0.4) is 0 Å². The Morgan fingerprint density at radius 1 is 1.29 bits per heavy atom. The Hall–Kier alpha value is -0.120. The fourth-order valence-electron chi connectivity index (χ4n) is 2.38. The molecule has 1 aliphatic carbocycles. The van der Waals surface area contributed by atoms with Crippen molar-refractivity contribution in [2.45, 2.75) is 63.4 Å². The van der Waals surface area contributed by atoms with E-state index in [2.05, 4.69) is 6.92 Å². The second-order valence-corrected chi connectivity index (χ2v) is 4.67. The van der Waals surface area contributed by atoms with Crippen LogP contribution >= 0.6 is 0 Å². The third-order valence-corrected chi connectivity index (χ3v) is 3.26. The predicted molar refractivity (Wildman–Crippen MR) is 55.1 cm³/mol. The number of hydrogen-bond acceptors (Lipinski definition) is 3. The molecule has 2 rings (SSSR count). The van der Waals surface area contributed by atoms with E-state index < -0.39 is 0 Å². The highest BCUT2D eigenvalue weighted by Crippen LogP contribution is 2.23. The Morgan fingerprint density at radius 2 is 2.14 bits per heavy atom. The summed E-state index contributed by atoms with van der Waals surface area (Å²) in [6.45, 7) is 2.90. The van der Waals surface area contributed by atoms with Crippen LogP contribution in [0.2, 0.25) is 0 Å². The standard InChI is InChI=1S/C11H21NO2/c1-8-2-4-11(14-8)7-13-10-5-3-9(12)6-10/h8-11H,2-7,12H2,1H3. The van der Waals surface area contributed by atoms with Gasteiger partial charge in [0.1, 0.15) is 0 Å². The lowest BCUT2D eigenvalue weighted by Crippen LogP contribution is -2.22. The molecule has 0 spiro atoms. The lowest BCUT2D eigenvalue weighted by Gasteiger charge is -2.15. The van der Waals surface area contributed by atoms with Crippen LogP contribution in [-0.4, -0.2) is 31.0 Å². The van der Waals surface area contributed by atoms with Gasteiger partial charge in [-0.3, -0.25) is 0 Å². The quantitative estimate of drug-likeness (QED) is 0.748. The summed E-state index contributed by atoms with van der Waals surface area (Å²) < 4.78 is 11.5. The molecule has 0 aromatic carbocycles. The Labute approximate surface area is 85.9 Å². The SMILES string of the molecule is CC1CCC(COC2CCC(N)C2)O1. The maximum absolute atomic E-state index is 5.82. The second kappa shape index (κ2) is 4.60. The van der Waals surface area contributed by atoms with Crippen LogP contribution in [-0.2, 0) is 9.47 Å². The van der Waals surface area contributed by atoms with Gasteiger partial charge in [-0.25, -0.2) is 0 Å². The van der Waals surface area contributed by atoms with Gasteiger partial charge in [0.25, 0.3) is 0 Å². The fraction of sp³-hybridized carbons (Fsp3) is 1.00. The molecule has 2 N–H and O–H groups in total. The van der Waals surface area contributed by atoms with E-state index in [1.54, 1.807) is 0 Å². The largest absolute Gasteiger partial charge is 0.375 e. The zero-order valence-electron chi connectivity index (χ0n) is 8.95. The monoisotopic (exact) mass is 199 g/mol. The van der Waals surface area contributed by atoms with Gasteiger partial charge in [0.15, 0.2) is 0 Å². The minimum atomic E-state index is 0.335. The van der Waals surface area contributed by atoms with Gasteiger partial charge in [-0.1, -0.05) is 0 Å². The molecule has 2 fully saturated rings. The van der Waals surface area contributed by atoms with Gasteiger partial charge in [-0.2, -0.15) is 0 Å². The summed E-state index contributed by atoms with van der Waals surface area (Å²) in [5.41, 5.74) is 5.82. The molecule has 2 aliphatic rings. The van der Waals surface area contributed by atoms with Crippen LogP contribution in [0, 0.1) is 0 Å². The van der Waals surface area contributed by atoms with E-state index in [1.807, 2.05) is 0 Å².